The molecule has 210 valence electrons. The summed E-state index contributed by atoms with van der Waals surface area (Å²) in [5, 5.41) is 17.3. The molecule has 11 heteroatoms. The number of fused-ring (bicyclic) bond motifs is 3. The Morgan fingerprint density at radius 3 is 2.73 bits per heavy atom. The summed E-state index contributed by atoms with van der Waals surface area (Å²) in [5.74, 6) is 1.28. The Kier molecular flexibility index (Phi) is 6.81. The lowest BCUT2D eigenvalue weighted by Gasteiger charge is -2.26. The molecule has 5 heterocycles. The first-order valence-corrected chi connectivity index (χ1v) is 14.2. The van der Waals surface area contributed by atoms with E-state index in [9.17, 15) is 0 Å². The van der Waals surface area contributed by atoms with Crippen molar-refractivity contribution < 1.29 is 4.74 Å². The van der Waals surface area contributed by atoms with Gasteiger partial charge in [-0.3, -0.25) is 18.9 Å². The van der Waals surface area contributed by atoms with E-state index in [1.807, 2.05) is 59.0 Å². The van der Waals surface area contributed by atoms with Crippen molar-refractivity contribution in [2.75, 3.05) is 38.2 Å². The van der Waals surface area contributed by atoms with Crippen LogP contribution < -0.4 is 5.32 Å². The second-order valence-corrected chi connectivity index (χ2v) is 10.8. The number of hydrogen-bond acceptors (Lipinski definition) is 8. The third kappa shape index (κ3) is 5.38. The Hall–Kier alpha value is -4.35. The molecule has 1 saturated heterocycles. The number of ether oxygens (including phenoxy) is 1. The summed E-state index contributed by atoms with van der Waals surface area (Å²) in [5.41, 5.74) is 8.97. The van der Waals surface area contributed by atoms with Crippen molar-refractivity contribution in [1.82, 2.24) is 44.2 Å². The summed E-state index contributed by atoms with van der Waals surface area (Å²) >= 11 is 0. The van der Waals surface area contributed by atoms with Crippen LogP contribution in [0.3, 0.4) is 0 Å². The van der Waals surface area contributed by atoms with E-state index in [1.54, 1.807) is 0 Å². The van der Waals surface area contributed by atoms with E-state index in [-0.39, 0.29) is 0 Å². The summed E-state index contributed by atoms with van der Waals surface area (Å²) in [7, 11) is 3.97. The maximum absolute atomic E-state index is 5.45. The molecule has 0 bridgehead atoms. The largest absolute Gasteiger partial charge is 0.379 e. The fourth-order valence-corrected chi connectivity index (χ4v) is 5.75. The number of aryl methyl sites for hydroxylation is 4. The average molecular weight is 551 g/mol. The van der Waals surface area contributed by atoms with Crippen LogP contribution in [0.1, 0.15) is 22.5 Å². The molecule has 0 spiro atoms. The molecule has 41 heavy (non-hydrogen) atoms. The minimum atomic E-state index is 0.545. The lowest BCUT2D eigenvalue weighted by molar-refractivity contribution is 0.0360. The normalized spacial score (nSPS) is 15.1. The Balaban J connectivity index is 1.12. The molecule has 0 saturated carbocycles. The highest BCUT2D eigenvalue weighted by molar-refractivity contribution is 5.72. The number of rotatable bonds is 8. The van der Waals surface area contributed by atoms with Crippen molar-refractivity contribution in [3.8, 4) is 22.4 Å². The lowest BCUT2D eigenvalue weighted by Crippen LogP contribution is -2.38. The quantitative estimate of drug-likeness (QED) is 0.314. The second-order valence-electron chi connectivity index (χ2n) is 10.8. The number of morpholine rings is 1. The first kappa shape index (κ1) is 25.6. The molecule has 0 atom stereocenters. The van der Waals surface area contributed by atoms with E-state index >= 15 is 0 Å². The molecular weight excluding hydrogens is 516 g/mol. The van der Waals surface area contributed by atoms with Gasteiger partial charge in [-0.25, -0.2) is 9.97 Å². The van der Waals surface area contributed by atoms with Crippen LogP contribution in [0.5, 0.6) is 0 Å². The number of anilines is 2. The molecule has 0 unspecified atom stereocenters. The standard InChI is InChI=1S/C30H34N10O/c1-37-20-24(19-32-37)22-5-3-4-21(16-22)17-26-28-25(35-38(26)2)7-6-23-18-31-30(34-29(23)28)33-27-8-9-40(36-27)11-10-39-12-14-41-15-13-39/h3-5,8-9,16,18-20H,6-7,10-15,17H2,1-2H3,(H,31,33,34,36). The zero-order chi connectivity index (χ0) is 27.8. The molecule has 0 radical (unpaired) electrons. The monoisotopic (exact) mass is 550 g/mol. The van der Waals surface area contributed by atoms with Crippen molar-refractivity contribution in [3.63, 3.8) is 0 Å². The van der Waals surface area contributed by atoms with Gasteiger partial charge in [0.1, 0.15) is 0 Å². The number of benzene rings is 1. The summed E-state index contributed by atoms with van der Waals surface area (Å²) in [6.07, 6.45) is 10.4. The third-order valence-corrected chi connectivity index (χ3v) is 7.94. The second kappa shape index (κ2) is 10.9. The highest BCUT2D eigenvalue weighted by atomic mass is 16.5. The molecule has 1 fully saturated rings. The van der Waals surface area contributed by atoms with Gasteiger partial charge in [0.25, 0.3) is 0 Å². The zero-order valence-electron chi connectivity index (χ0n) is 23.5. The Labute approximate surface area is 238 Å². The van der Waals surface area contributed by atoms with Crippen LogP contribution in [0.25, 0.3) is 22.4 Å². The van der Waals surface area contributed by atoms with Crippen LogP contribution in [0.15, 0.2) is 55.1 Å². The van der Waals surface area contributed by atoms with Gasteiger partial charge in [0, 0.05) is 75.9 Å². The van der Waals surface area contributed by atoms with Gasteiger partial charge in [0.2, 0.25) is 5.95 Å². The molecule has 7 rings (SSSR count). The van der Waals surface area contributed by atoms with Gasteiger partial charge >= 0.3 is 0 Å². The van der Waals surface area contributed by atoms with Gasteiger partial charge in [0.05, 0.1) is 43.0 Å². The Morgan fingerprint density at radius 1 is 0.976 bits per heavy atom. The number of nitrogens with one attached hydrogen (secondary N) is 1. The summed E-state index contributed by atoms with van der Waals surface area (Å²) in [6, 6.07) is 10.6. The number of aromatic nitrogens is 8. The summed E-state index contributed by atoms with van der Waals surface area (Å²) in [6.45, 7) is 5.35. The molecule has 0 amide bonds. The van der Waals surface area contributed by atoms with E-state index in [0.717, 1.165) is 104 Å². The van der Waals surface area contributed by atoms with Crippen LogP contribution in [-0.4, -0.2) is 77.1 Å². The van der Waals surface area contributed by atoms with Crippen molar-refractivity contribution in [2.45, 2.75) is 25.8 Å². The molecule has 5 aromatic rings. The van der Waals surface area contributed by atoms with E-state index < -0.39 is 0 Å². The number of nitrogens with zero attached hydrogens (tertiary/aromatic N) is 9. The van der Waals surface area contributed by atoms with Crippen molar-refractivity contribution >= 4 is 11.8 Å². The lowest BCUT2D eigenvalue weighted by atomic mass is 9.91. The van der Waals surface area contributed by atoms with Crippen LogP contribution in [0.2, 0.25) is 0 Å². The number of hydrogen-bond donors (Lipinski definition) is 1. The highest BCUT2D eigenvalue weighted by Gasteiger charge is 2.26. The van der Waals surface area contributed by atoms with Crippen molar-refractivity contribution in [2.24, 2.45) is 14.1 Å². The summed E-state index contributed by atoms with van der Waals surface area (Å²) < 4.78 is 11.3. The van der Waals surface area contributed by atoms with Gasteiger partial charge in [-0.2, -0.15) is 15.3 Å². The molecule has 1 aromatic carbocycles. The maximum atomic E-state index is 5.45. The first-order valence-electron chi connectivity index (χ1n) is 14.2. The molecule has 1 aliphatic heterocycles. The smallest absolute Gasteiger partial charge is 0.228 e. The SMILES string of the molecule is Cn1cc(-c2cccc(Cc3c4c(nn3C)CCc3cnc(Nc5ccn(CCN6CCOCC6)n5)nc3-4)c2)cn1. The fourth-order valence-electron chi connectivity index (χ4n) is 5.75. The summed E-state index contributed by atoms with van der Waals surface area (Å²) in [4.78, 5) is 12.0. The predicted octanol–water partition coefficient (Wildman–Crippen LogP) is 3.24. The van der Waals surface area contributed by atoms with Crippen molar-refractivity contribution in [3.05, 3.63) is 77.6 Å². The minimum Gasteiger partial charge on any atom is -0.379 e. The van der Waals surface area contributed by atoms with Gasteiger partial charge in [-0.15, -0.1) is 0 Å². The third-order valence-electron chi connectivity index (χ3n) is 7.94. The zero-order valence-corrected chi connectivity index (χ0v) is 23.5. The van der Waals surface area contributed by atoms with Gasteiger partial charge in [0.15, 0.2) is 5.82 Å². The van der Waals surface area contributed by atoms with E-state index in [2.05, 4.69) is 44.6 Å². The maximum Gasteiger partial charge on any atom is 0.228 e. The van der Waals surface area contributed by atoms with Crippen LogP contribution in [-0.2, 0) is 44.6 Å². The molecule has 1 N–H and O–H groups in total. The predicted molar refractivity (Wildman–Crippen MR) is 156 cm³/mol. The van der Waals surface area contributed by atoms with Crippen LogP contribution in [0, 0.1) is 0 Å². The minimum absolute atomic E-state index is 0.545. The molecule has 11 nitrogen and oxygen atoms in total. The molecular formula is C30H34N10O. The van der Waals surface area contributed by atoms with Crippen molar-refractivity contribution in [1.29, 1.82) is 0 Å². The highest BCUT2D eigenvalue weighted by Crippen LogP contribution is 2.36. The van der Waals surface area contributed by atoms with E-state index in [1.165, 1.54) is 5.56 Å². The average Bonchev–Trinajstić information content (AvgIpc) is 3.71. The topological polar surface area (TPSA) is 104 Å². The fraction of sp³-hybridized carbons (Fsp3) is 0.367. The van der Waals surface area contributed by atoms with Crippen LogP contribution >= 0.6 is 0 Å². The Morgan fingerprint density at radius 2 is 1.88 bits per heavy atom. The van der Waals surface area contributed by atoms with Crippen LogP contribution in [0.4, 0.5) is 11.8 Å². The molecule has 4 aromatic heterocycles. The molecule has 1 aliphatic carbocycles. The van der Waals surface area contributed by atoms with Gasteiger partial charge < -0.3 is 10.1 Å². The Bertz CT molecular complexity index is 1680. The first-order chi connectivity index (χ1) is 20.1. The van der Waals surface area contributed by atoms with E-state index in [0.29, 0.717) is 5.95 Å². The van der Waals surface area contributed by atoms with E-state index in [4.69, 9.17) is 19.9 Å². The van der Waals surface area contributed by atoms with Gasteiger partial charge in [-0.1, -0.05) is 24.3 Å². The van der Waals surface area contributed by atoms with Gasteiger partial charge in [-0.05, 0) is 29.5 Å². The molecule has 2 aliphatic rings.